The minimum Gasteiger partial charge on any atom is -0.457 e. The molecule has 0 spiro atoms. The average molecular weight is 587 g/mol. The maximum Gasteiger partial charge on any atom is 0.271 e. The van der Waals surface area contributed by atoms with Crippen molar-refractivity contribution in [2.75, 3.05) is 5.32 Å². The lowest BCUT2D eigenvalue weighted by Gasteiger charge is -2.26. The number of halogens is 2. The molecule has 6 nitrogen and oxygen atoms in total. The van der Waals surface area contributed by atoms with Crippen molar-refractivity contribution in [3.63, 3.8) is 0 Å². The van der Waals surface area contributed by atoms with Crippen molar-refractivity contribution < 1.29 is 9.21 Å². The second kappa shape index (κ2) is 10.8. The van der Waals surface area contributed by atoms with E-state index in [0.29, 0.717) is 53.4 Å². The third kappa shape index (κ3) is 4.95. The largest absolute Gasteiger partial charge is 0.457 e. The Morgan fingerprint density at radius 1 is 1.00 bits per heavy atom. The maximum absolute atomic E-state index is 13.9. The molecule has 3 aromatic carbocycles. The number of furan rings is 1. The van der Waals surface area contributed by atoms with Crippen molar-refractivity contribution in [3.05, 3.63) is 143 Å². The number of fused-ring (bicyclic) bond motifs is 1. The van der Waals surface area contributed by atoms with E-state index in [1.807, 2.05) is 60.7 Å². The molecule has 3 heterocycles. The number of benzene rings is 3. The Balaban J connectivity index is 1.47. The zero-order chi connectivity index (χ0) is 27.8. The summed E-state index contributed by atoms with van der Waals surface area (Å²) in [6.45, 7) is 1.77. The summed E-state index contributed by atoms with van der Waals surface area (Å²) in [5.74, 6) is 0.780. The molecule has 1 aliphatic rings. The molecule has 0 fully saturated rings. The van der Waals surface area contributed by atoms with E-state index < -0.39 is 6.04 Å². The molecule has 2 aromatic heterocycles. The number of amides is 1. The summed E-state index contributed by atoms with van der Waals surface area (Å²) in [5, 5.41) is 3.98. The van der Waals surface area contributed by atoms with Gasteiger partial charge in [0.25, 0.3) is 11.5 Å². The number of para-hydroxylation sites is 1. The number of hydrogen-bond donors (Lipinski definition) is 1. The van der Waals surface area contributed by atoms with Crippen LogP contribution in [0.15, 0.2) is 116 Å². The Kier molecular flexibility index (Phi) is 7.02. The number of carbonyl (C=O) groups is 1. The summed E-state index contributed by atoms with van der Waals surface area (Å²) in [7, 11) is 0. The highest BCUT2D eigenvalue weighted by atomic mass is 35.5. The first kappa shape index (κ1) is 26.1. The van der Waals surface area contributed by atoms with Crippen LogP contribution in [0.25, 0.3) is 17.4 Å². The van der Waals surface area contributed by atoms with E-state index in [2.05, 4.69) is 10.3 Å². The van der Waals surface area contributed by atoms with Gasteiger partial charge in [-0.15, -0.1) is 0 Å². The van der Waals surface area contributed by atoms with Gasteiger partial charge in [-0.2, -0.15) is 0 Å². The summed E-state index contributed by atoms with van der Waals surface area (Å²) in [4.78, 5) is 32.7. The molecular weight excluding hydrogens is 565 g/mol. The summed E-state index contributed by atoms with van der Waals surface area (Å²) in [6, 6.07) is 26.6. The first-order chi connectivity index (χ1) is 19.4. The fraction of sp³-hybridized carbons (Fsp3) is 0.0645. The molecule has 1 amide bonds. The lowest BCUT2D eigenvalue weighted by atomic mass is 9.95. The number of hydrogen-bond acceptors (Lipinski definition) is 5. The van der Waals surface area contributed by atoms with Gasteiger partial charge in [0.15, 0.2) is 4.80 Å². The van der Waals surface area contributed by atoms with E-state index in [4.69, 9.17) is 27.6 Å². The third-order valence-corrected chi connectivity index (χ3v) is 8.07. The number of nitrogens with zero attached hydrogens (tertiary/aromatic N) is 2. The minimum absolute atomic E-state index is 0.299. The molecule has 0 bridgehead atoms. The number of carbonyl (C=O) groups excluding carboxylic acids is 1. The standard InChI is InChI=1S/C31H21Cl2N3O3S/c1-18-27(29(37)35-21-10-3-2-4-11-21)28(23-12-5-6-13-24(23)33)36-30(38)26(40-31(36)34-18)17-22-14-15-25(39-22)19-8-7-9-20(32)16-19/h2-17,28H,1H3,(H,35,37)/b26-17+. The number of allylic oxidation sites excluding steroid dienone is 1. The Bertz CT molecular complexity index is 1970. The normalized spacial score (nSPS) is 15.1. The molecule has 0 radical (unpaired) electrons. The summed E-state index contributed by atoms with van der Waals surface area (Å²) in [5.41, 5.74) is 2.65. The quantitative estimate of drug-likeness (QED) is 0.258. The number of thiazole rings is 1. The van der Waals surface area contributed by atoms with Gasteiger partial charge < -0.3 is 9.73 Å². The van der Waals surface area contributed by atoms with Gasteiger partial charge in [-0.1, -0.05) is 83.1 Å². The summed E-state index contributed by atoms with van der Waals surface area (Å²) in [6.07, 6.45) is 1.69. The highest BCUT2D eigenvalue weighted by Gasteiger charge is 2.33. The lowest BCUT2D eigenvalue weighted by molar-refractivity contribution is -0.113. The minimum atomic E-state index is -0.769. The molecule has 6 rings (SSSR count). The number of nitrogens with one attached hydrogen (secondary N) is 1. The lowest BCUT2D eigenvalue weighted by Crippen LogP contribution is -2.40. The number of aromatic nitrogens is 1. The summed E-state index contributed by atoms with van der Waals surface area (Å²) >= 11 is 14.0. The monoisotopic (exact) mass is 585 g/mol. The van der Waals surface area contributed by atoms with Crippen molar-refractivity contribution in [3.8, 4) is 11.3 Å². The molecule has 198 valence electrons. The molecule has 0 saturated carbocycles. The van der Waals surface area contributed by atoms with E-state index >= 15 is 0 Å². The van der Waals surface area contributed by atoms with E-state index in [1.54, 1.807) is 43.3 Å². The number of anilines is 1. The van der Waals surface area contributed by atoms with Crippen LogP contribution < -0.4 is 20.2 Å². The zero-order valence-electron chi connectivity index (χ0n) is 21.1. The van der Waals surface area contributed by atoms with Crippen molar-refractivity contribution in [1.29, 1.82) is 0 Å². The van der Waals surface area contributed by atoms with Crippen molar-refractivity contribution in [2.24, 2.45) is 4.99 Å². The van der Waals surface area contributed by atoms with Crippen LogP contribution >= 0.6 is 34.5 Å². The van der Waals surface area contributed by atoms with Gasteiger partial charge in [-0.05, 0) is 55.0 Å². The molecule has 5 aromatic rings. The van der Waals surface area contributed by atoms with Crippen LogP contribution in [0.5, 0.6) is 0 Å². The maximum atomic E-state index is 13.9. The van der Waals surface area contributed by atoms with Gasteiger partial charge in [0.05, 0.1) is 21.8 Å². The van der Waals surface area contributed by atoms with Crippen molar-refractivity contribution in [2.45, 2.75) is 13.0 Å². The van der Waals surface area contributed by atoms with Crippen molar-refractivity contribution >= 4 is 52.2 Å². The molecule has 40 heavy (non-hydrogen) atoms. The van der Waals surface area contributed by atoms with Gasteiger partial charge in [-0.3, -0.25) is 14.2 Å². The second-order valence-electron chi connectivity index (χ2n) is 9.14. The van der Waals surface area contributed by atoms with Gasteiger partial charge in [0.2, 0.25) is 0 Å². The summed E-state index contributed by atoms with van der Waals surface area (Å²) < 4.78 is 7.96. The fourth-order valence-corrected chi connectivity index (χ4v) is 6.14. The first-order valence-corrected chi connectivity index (χ1v) is 14.0. The molecular formula is C31H21Cl2N3O3S. The van der Waals surface area contributed by atoms with E-state index in [1.165, 1.54) is 15.9 Å². The first-order valence-electron chi connectivity index (χ1n) is 12.4. The van der Waals surface area contributed by atoms with Crippen LogP contribution in [-0.4, -0.2) is 10.5 Å². The Morgan fingerprint density at radius 3 is 2.55 bits per heavy atom. The molecule has 1 aliphatic heterocycles. The van der Waals surface area contributed by atoms with Crippen LogP contribution in [0.2, 0.25) is 10.0 Å². The van der Waals surface area contributed by atoms with Gasteiger partial charge in [0.1, 0.15) is 11.5 Å². The molecule has 0 saturated heterocycles. The van der Waals surface area contributed by atoms with Gasteiger partial charge >= 0.3 is 0 Å². The molecule has 1 N–H and O–H groups in total. The molecule has 9 heteroatoms. The van der Waals surface area contributed by atoms with Crippen LogP contribution in [-0.2, 0) is 4.79 Å². The van der Waals surface area contributed by atoms with Crippen LogP contribution in [0.4, 0.5) is 5.69 Å². The zero-order valence-corrected chi connectivity index (χ0v) is 23.4. The Labute approximate surface area is 243 Å². The highest BCUT2D eigenvalue weighted by Crippen LogP contribution is 2.34. The van der Waals surface area contributed by atoms with Gasteiger partial charge in [-0.25, -0.2) is 4.99 Å². The van der Waals surface area contributed by atoms with Crippen LogP contribution in [0.3, 0.4) is 0 Å². The average Bonchev–Trinajstić information content (AvgIpc) is 3.53. The van der Waals surface area contributed by atoms with E-state index in [9.17, 15) is 9.59 Å². The third-order valence-electron chi connectivity index (χ3n) is 6.51. The Morgan fingerprint density at radius 2 is 1.77 bits per heavy atom. The van der Waals surface area contributed by atoms with Crippen LogP contribution in [0.1, 0.15) is 24.3 Å². The highest BCUT2D eigenvalue weighted by molar-refractivity contribution is 7.07. The van der Waals surface area contributed by atoms with E-state index in [-0.39, 0.29) is 11.5 Å². The Hall–Kier alpha value is -4.17. The molecule has 1 atom stereocenters. The molecule has 0 aliphatic carbocycles. The number of rotatable bonds is 5. The predicted molar refractivity (Wildman–Crippen MR) is 159 cm³/mol. The topological polar surface area (TPSA) is 76.6 Å². The SMILES string of the molecule is CC1=C(C(=O)Nc2ccccc2)C(c2ccccc2Cl)n2c(s/c(=C/c3ccc(-c4cccc(Cl)c4)o3)c2=O)=N1. The fourth-order valence-electron chi connectivity index (χ4n) is 4.68. The predicted octanol–water partition coefficient (Wildman–Crippen LogP) is 6.44. The van der Waals surface area contributed by atoms with E-state index in [0.717, 1.165) is 5.56 Å². The smallest absolute Gasteiger partial charge is 0.271 e. The van der Waals surface area contributed by atoms with Crippen molar-refractivity contribution in [1.82, 2.24) is 4.57 Å². The second-order valence-corrected chi connectivity index (χ2v) is 11.0. The van der Waals surface area contributed by atoms with Gasteiger partial charge in [0, 0.05) is 27.4 Å². The molecule has 1 unspecified atom stereocenters. The van der Waals surface area contributed by atoms with Crippen LogP contribution in [0, 0.1) is 0 Å².